The summed E-state index contributed by atoms with van der Waals surface area (Å²) < 4.78 is 15.9. The average molecular weight is 404 g/mol. The van der Waals surface area contributed by atoms with Crippen LogP contribution in [0.1, 0.15) is 49.7 Å². The molecule has 5 heteroatoms. The van der Waals surface area contributed by atoms with Gasteiger partial charge in [-0.1, -0.05) is 49.2 Å². The molecule has 4 nitrogen and oxygen atoms in total. The Bertz CT molecular complexity index is 1050. The second-order valence-electron chi connectivity index (χ2n) is 8.33. The van der Waals surface area contributed by atoms with Crippen molar-refractivity contribution in [2.75, 3.05) is 13.1 Å². The van der Waals surface area contributed by atoms with Crippen LogP contribution in [0.4, 0.5) is 4.39 Å². The highest BCUT2D eigenvalue weighted by Crippen LogP contribution is 2.49. The largest absolute Gasteiger partial charge is 0.343 e. The van der Waals surface area contributed by atoms with Crippen LogP contribution < -0.4 is 0 Å². The van der Waals surface area contributed by atoms with E-state index < -0.39 is 5.54 Å². The fraction of sp³-hybridized carbons (Fsp3) is 0.360. The summed E-state index contributed by atoms with van der Waals surface area (Å²) in [6, 6.07) is 14.9. The topological polar surface area (TPSA) is 38.1 Å². The number of carbonyl (C=O) groups is 1. The van der Waals surface area contributed by atoms with E-state index in [2.05, 4.69) is 21.7 Å². The second kappa shape index (κ2) is 7.71. The maximum Gasteiger partial charge on any atom is 0.222 e. The van der Waals surface area contributed by atoms with E-state index in [0.29, 0.717) is 12.8 Å². The Morgan fingerprint density at radius 2 is 1.73 bits per heavy atom. The Balaban J connectivity index is 1.56. The van der Waals surface area contributed by atoms with Gasteiger partial charge in [0.05, 0.1) is 5.54 Å². The first-order valence-electron chi connectivity index (χ1n) is 10.9. The summed E-state index contributed by atoms with van der Waals surface area (Å²) >= 11 is 0. The molecule has 5 rings (SSSR count). The number of imidazole rings is 1. The molecule has 1 saturated heterocycles. The molecule has 1 amide bonds. The number of aromatic nitrogens is 2. The highest BCUT2D eigenvalue weighted by atomic mass is 19.1. The number of halogens is 1. The van der Waals surface area contributed by atoms with Gasteiger partial charge < -0.3 is 9.47 Å². The third kappa shape index (κ3) is 3.04. The summed E-state index contributed by atoms with van der Waals surface area (Å²) in [6.07, 6.45) is 9.43. The first kappa shape index (κ1) is 19.0. The van der Waals surface area contributed by atoms with Crippen LogP contribution in [0.15, 0.2) is 60.9 Å². The number of carbonyl (C=O) groups excluding carboxylic acids is 1. The zero-order valence-corrected chi connectivity index (χ0v) is 17.1. The highest BCUT2D eigenvalue weighted by molar-refractivity contribution is 5.77. The van der Waals surface area contributed by atoms with Gasteiger partial charge in [-0.2, -0.15) is 0 Å². The molecule has 3 heterocycles. The van der Waals surface area contributed by atoms with Crippen LogP contribution in [0.5, 0.6) is 0 Å². The summed E-state index contributed by atoms with van der Waals surface area (Å²) in [4.78, 5) is 19.8. The lowest BCUT2D eigenvalue weighted by molar-refractivity contribution is -0.131. The van der Waals surface area contributed by atoms with E-state index in [1.807, 2.05) is 35.4 Å². The van der Waals surface area contributed by atoms with Crippen molar-refractivity contribution in [1.29, 1.82) is 0 Å². The molecule has 1 aromatic heterocycles. The number of fused-ring (bicyclic) bond motifs is 3. The SMILES string of the molecule is O=C(CCC1(c2ccc(F)cc2)c2ccccc2-c2nccn21)N1CCCCCC1. The molecular formula is C25H26FN3O. The van der Waals surface area contributed by atoms with Crippen molar-refractivity contribution in [3.8, 4) is 11.4 Å². The van der Waals surface area contributed by atoms with Crippen LogP contribution in [0.3, 0.4) is 0 Å². The summed E-state index contributed by atoms with van der Waals surface area (Å²) in [7, 11) is 0. The predicted molar refractivity (Wildman–Crippen MR) is 115 cm³/mol. The zero-order valence-electron chi connectivity index (χ0n) is 17.1. The summed E-state index contributed by atoms with van der Waals surface area (Å²) in [5, 5.41) is 0. The number of likely N-dealkylation sites (tertiary alicyclic amines) is 1. The molecule has 0 aliphatic carbocycles. The minimum atomic E-state index is -0.558. The molecule has 0 bridgehead atoms. The third-order valence-corrected chi connectivity index (χ3v) is 6.65. The van der Waals surface area contributed by atoms with Crippen LogP contribution in [-0.2, 0) is 10.3 Å². The first-order valence-corrected chi connectivity index (χ1v) is 10.9. The van der Waals surface area contributed by atoms with Crippen LogP contribution in [-0.4, -0.2) is 33.4 Å². The van der Waals surface area contributed by atoms with E-state index in [0.717, 1.165) is 48.4 Å². The molecule has 2 aliphatic rings. The summed E-state index contributed by atoms with van der Waals surface area (Å²) in [5.41, 5.74) is 2.63. The Labute approximate surface area is 176 Å². The van der Waals surface area contributed by atoms with Gasteiger partial charge in [0, 0.05) is 37.5 Å². The van der Waals surface area contributed by atoms with E-state index in [4.69, 9.17) is 0 Å². The quantitative estimate of drug-likeness (QED) is 0.616. The number of benzene rings is 2. The van der Waals surface area contributed by atoms with Crippen molar-refractivity contribution in [2.24, 2.45) is 0 Å². The molecule has 0 radical (unpaired) electrons. The highest BCUT2D eigenvalue weighted by Gasteiger charge is 2.45. The Morgan fingerprint density at radius 1 is 1.00 bits per heavy atom. The number of amides is 1. The molecule has 3 aromatic rings. The molecular weight excluding hydrogens is 377 g/mol. The van der Waals surface area contributed by atoms with E-state index >= 15 is 0 Å². The van der Waals surface area contributed by atoms with Crippen molar-refractivity contribution >= 4 is 5.91 Å². The van der Waals surface area contributed by atoms with E-state index in [9.17, 15) is 9.18 Å². The van der Waals surface area contributed by atoms with Crippen molar-refractivity contribution in [2.45, 2.75) is 44.1 Å². The van der Waals surface area contributed by atoms with Gasteiger partial charge in [0.25, 0.3) is 0 Å². The minimum absolute atomic E-state index is 0.212. The van der Waals surface area contributed by atoms with Gasteiger partial charge in [-0.05, 0) is 42.5 Å². The Hall–Kier alpha value is -2.95. The normalized spacial score (nSPS) is 20.5. The van der Waals surface area contributed by atoms with Crippen molar-refractivity contribution in [3.63, 3.8) is 0 Å². The molecule has 1 unspecified atom stereocenters. The minimum Gasteiger partial charge on any atom is -0.343 e. The second-order valence-corrected chi connectivity index (χ2v) is 8.33. The van der Waals surface area contributed by atoms with Crippen molar-refractivity contribution < 1.29 is 9.18 Å². The van der Waals surface area contributed by atoms with Gasteiger partial charge in [-0.15, -0.1) is 0 Å². The van der Waals surface area contributed by atoms with Crippen LogP contribution >= 0.6 is 0 Å². The van der Waals surface area contributed by atoms with E-state index in [-0.39, 0.29) is 11.7 Å². The van der Waals surface area contributed by atoms with Gasteiger partial charge in [-0.3, -0.25) is 4.79 Å². The van der Waals surface area contributed by atoms with Gasteiger partial charge in [0.1, 0.15) is 11.6 Å². The van der Waals surface area contributed by atoms with Gasteiger partial charge in [0.2, 0.25) is 5.91 Å². The first-order chi connectivity index (χ1) is 14.7. The van der Waals surface area contributed by atoms with Crippen molar-refractivity contribution in [1.82, 2.24) is 14.5 Å². The zero-order chi connectivity index (χ0) is 20.6. The lowest BCUT2D eigenvalue weighted by Gasteiger charge is -2.34. The van der Waals surface area contributed by atoms with Crippen LogP contribution in [0.2, 0.25) is 0 Å². The number of rotatable bonds is 4. The molecule has 1 fully saturated rings. The lowest BCUT2D eigenvalue weighted by Crippen LogP contribution is -2.37. The fourth-order valence-electron chi connectivity index (χ4n) is 5.16. The van der Waals surface area contributed by atoms with E-state index in [1.165, 1.54) is 25.0 Å². The molecule has 2 aromatic carbocycles. The van der Waals surface area contributed by atoms with Gasteiger partial charge in [0.15, 0.2) is 0 Å². The molecule has 154 valence electrons. The summed E-state index contributed by atoms with van der Waals surface area (Å²) in [5.74, 6) is 0.855. The third-order valence-electron chi connectivity index (χ3n) is 6.65. The molecule has 0 N–H and O–H groups in total. The fourth-order valence-corrected chi connectivity index (χ4v) is 5.16. The van der Waals surface area contributed by atoms with E-state index in [1.54, 1.807) is 6.20 Å². The van der Waals surface area contributed by atoms with Crippen LogP contribution in [0.25, 0.3) is 11.4 Å². The molecule has 2 aliphatic heterocycles. The maximum absolute atomic E-state index is 13.7. The molecule has 0 saturated carbocycles. The van der Waals surface area contributed by atoms with Gasteiger partial charge >= 0.3 is 0 Å². The molecule has 0 spiro atoms. The van der Waals surface area contributed by atoms with Crippen LogP contribution in [0, 0.1) is 5.82 Å². The van der Waals surface area contributed by atoms with Crippen molar-refractivity contribution in [3.05, 3.63) is 77.9 Å². The average Bonchev–Trinajstić information content (AvgIpc) is 3.23. The monoisotopic (exact) mass is 403 g/mol. The molecule has 30 heavy (non-hydrogen) atoms. The maximum atomic E-state index is 13.7. The standard InChI is InChI=1S/C25H26FN3O/c26-20-11-9-19(10-12-20)25(14-13-23(30)28-16-5-1-2-6-17-28)22-8-4-3-7-21(22)24-27-15-18-29(24)25/h3-4,7-12,15,18H,1-2,5-6,13-14,16-17H2. The smallest absolute Gasteiger partial charge is 0.222 e. The summed E-state index contributed by atoms with van der Waals surface area (Å²) in [6.45, 7) is 1.71. The number of hydrogen-bond donors (Lipinski definition) is 0. The molecule has 1 atom stereocenters. The Kier molecular flexibility index (Phi) is 4.89. The lowest BCUT2D eigenvalue weighted by atomic mass is 9.79. The number of hydrogen-bond acceptors (Lipinski definition) is 2. The van der Waals surface area contributed by atoms with Gasteiger partial charge in [-0.25, -0.2) is 9.37 Å². The Morgan fingerprint density at radius 3 is 2.50 bits per heavy atom. The predicted octanol–water partition coefficient (Wildman–Crippen LogP) is 4.98. The number of nitrogens with zero attached hydrogens (tertiary/aromatic N) is 3.